The minimum Gasteiger partial charge on any atom is -0.338 e. The summed E-state index contributed by atoms with van der Waals surface area (Å²) in [7, 11) is 0. The molecule has 6 heteroatoms. The molecule has 36 heavy (non-hydrogen) atoms. The van der Waals surface area contributed by atoms with E-state index in [0.717, 1.165) is 22.7 Å². The Morgan fingerprint density at radius 2 is 0.694 bits per heavy atom. The molecule has 0 saturated carbocycles. The van der Waals surface area contributed by atoms with E-state index in [9.17, 15) is 9.59 Å². The fourth-order valence-electron chi connectivity index (χ4n) is 3.48. The van der Waals surface area contributed by atoms with Gasteiger partial charge in [0.15, 0.2) is 0 Å². The van der Waals surface area contributed by atoms with Gasteiger partial charge in [0.2, 0.25) is 11.8 Å². The third kappa shape index (κ3) is 8.33. The van der Waals surface area contributed by atoms with Crippen LogP contribution in [0.3, 0.4) is 0 Å². The van der Waals surface area contributed by atoms with Crippen LogP contribution in [-0.2, 0) is 9.59 Å². The van der Waals surface area contributed by atoms with Crippen molar-refractivity contribution in [1.82, 2.24) is 10.6 Å². The van der Waals surface area contributed by atoms with E-state index in [-0.39, 0.29) is 11.8 Å². The molecule has 0 saturated heterocycles. The first-order valence-electron chi connectivity index (χ1n) is 11.8. The van der Waals surface area contributed by atoms with Gasteiger partial charge in [-0.1, -0.05) is 72.8 Å². The van der Waals surface area contributed by atoms with Gasteiger partial charge in [-0.15, -0.1) is 0 Å². The zero-order chi connectivity index (χ0) is 25.6. The molecule has 0 fully saturated rings. The summed E-state index contributed by atoms with van der Waals surface area (Å²) in [5.74, 6) is -0.0706. The van der Waals surface area contributed by atoms with E-state index in [1.807, 2.05) is 121 Å². The summed E-state index contributed by atoms with van der Waals surface area (Å²) in [5.41, 5.74) is 4.21. The van der Waals surface area contributed by atoms with Crippen molar-refractivity contribution in [2.75, 3.05) is 23.1 Å². The highest BCUT2D eigenvalue weighted by Crippen LogP contribution is 2.24. The Balaban J connectivity index is 0.000000201. The normalized spacial score (nSPS) is 9.83. The Kier molecular flexibility index (Phi) is 10.1. The number of hydrogen-bond donors (Lipinski definition) is 2. The fraction of sp³-hybridized carbons (Fsp3) is 0.133. The monoisotopic (exact) mass is 480 g/mol. The van der Waals surface area contributed by atoms with Crippen LogP contribution in [0.5, 0.6) is 0 Å². The van der Waals surface area contributed by atoms with Gasteiger partial charge in [-0.25, -0.2) is 0 Å². The Morgan fingerprint density at radius 3 is 0.889 bits per heavy atom. The van der Waals surface area contributed by atoms with Crippen molar-refractivity contribution in [2.45, 2.75) is 13.8 Å². The molecule has 0 heterocycles. The van der Waals surface area contributed by atoms with Gasteiger partial charge in [-0.05, 0) is 48.5 Å². The highest BCUT2D eigenvalue weighted by Gasteiger charge is 2.09. The van der Waals surface area contributed by atoms with E-state index in [0.29, 0.717) is 13.3 Å². The van der Waals surface area contributed by atoms with Gasteiger partial charge in [0, 0.05) is 36.6 Å². The number of amides is 2. The topological polar surface area (TPSA) is 64.7 Å². The van der Waals surface area contributed by atoms with Crippen molar-refractivity contribution in [3.8, 4) is 0 Å². The molecular weight excluding hydrogens is 448 g/mol. The number of nitrogens with one attached hydrogen (secondary N) is 2. The van der Waals surface area contributed by atoms with Crippen molar-refractivity contribution < 1.29 is 9.59 Å². The summed E-state index contributed by atoms with van der Waals surface area (Å²) < 4.78 is 0. The Labute approximate surface area is 213 Å². The molecule has 0 bridgehead atoms. The Bertz CT molecular complexity index is 1010. The van der Waals surface area contributed by atoms with Crippen molar-refractivity contribution in [2.24, 2.45) is 0 Å². The van der Waals surface area contributed by atoms with E-state index < -0.39 is 0 Å². The lowest BCUT2D eigenvalue weighted by molar-refractivity contribution is -0.119. The van der Waals surface area contributed by atoms with Gasteiger partial charge < -0.3 is 20.4 Å². The van der Waals surface area contributed by atoms with E-state index >= 15 is 0 Å². The average Bonchev–Trinajstić information content (AvgIpc) is 2.91. The van der Waals surface area contributed by atoms with Crippen LogP contribution < -0.4 is 20.4 Å². The molecule has 2 N–H and O–H groups in total. The maximum absolute atomic E-state index is 11.1. The van der Waals surface area contributed by atoms with Crippen LogP contribution in [0, 0.1) is 0 Å². The molecule has 6 nitrogen and oxygen atoms in total. The number of anilines is 4. The molecule has 0 aliphatic carbocycles. The van der Waals surface area contributed by atoms with E-state index in [1.54, 1.807) is 0 Å². The predicted octanol–water partition coefficient (Wildman–Crippen LogP) is 5.84. The SMILES string of the molecule is CC(=O)NCN(c1ccccc1)c1ccccc1.CC(=O)NCN(c1ccccc1)c1ccccc1. The standard InChI is InChI=1S/2C15H16N2O/c2*1-13(18)16-12-17(14-8-4-2-5-9-14)15-10-6-3-7-11-15/h2*2-11H,12H2,1H3,(H,16,18). The molecule has 0 aliphatic heterocycles. The number of rotatable bonds is 8. The number of benzene rings is 4. The van der Waals surface area contributed by atoms with Gasteiger partial charge in [0.25, 0.3) is 0 Å². The Hall–Kier alpha value is -4.58. The smallest absolute Gasteiger partial charge is 0.218 e. The quantitative estimate of drug-likeness (QED) is 0.311. The molecule has 0 spiro atoms. The first-order valence-corrected chi connectivity index (χ1v) is 11.8. The van der Waals surface area contributed by atoms with Gasteiger partial charge in [-0.2, -0.15) is 0 Å². The third-order valence-corrected chi connectivity index (χ3v) is 5.24. The average molecular weight is 481 g/mol. The highest BCUT2D eigenvalue weighted by molar-refractivity contribution is 5.74. The fourth-order valence-corrected chi connectivity index (χ4v) is 3.48. The Morgan fingerprint density at radius 1 is 0.472 bits per heavy atom. The highest BCUT2D eigenvalue weighted by atomic mass is 16.2. The van der Waals surface area contributed by atoms with Gasteiger partial charge in [0.05, 0.1) is 13.3 Å². The minimum absolute atomic E-state index is 0.0353. The maximum atomic E-state index is 11.1. The van der Waals surface area contributed by atoms with Crippen LogP contribution in [0.2, 0.25) is 0 Å². The van der Waals surface area contributed by atoms with Crippen LogP contribution in [-0.4, -0.2) is 25.2 Å². The number of para-hydroxylation sites is 4. The predicted molar refractivity (Wildman–Crippen MR) is 147 cm³/mol. The number of carbonyl (C=O) groups is 2. The first-order chi connectivity index (χ1) is 17.5. The molecule has 4 rings (SSSR count). The van der Waals surface area contributed by atoms with Crippen LogP contribution >= 0.6 is 0 Å². The van der Waals surface area contributed by atoms with Crippen molar-refractivity contribution in [3.05, 3.63) is 121 Å². The van der Waals surface area contributed by atoms with E-state index in [4.69, 9.17) is 0 Å². The molecule has 4 aromatic carbocycles. The number of hydrogen-bond acceptors (Lipinski definition) is 4. The second-order valence-corrected chi connectivity index (χ2v) is 7.98. The minimum atomic E-state index is -0.0353. The second kappa shape index (κ2) is 14.0. The molecule has 0 aromatic heterocycles. The molecule has 2 amide bonds. The summed E-state index contributed by atoms with van der Waals surface area (Å²) in [6.07, 6.45) is 0. The van der Waals surface area contributed by atoms with Gasteiger partial charge >= 0.3 is 0 Å². The third-order valence-electron chi connectivity index (χ3n) is 5.24. The van der Waals surface area contributed by atoms with Crippen molar-refractivity contribution in [1.29, 1.82) is 0 Å². The van der Waals surface area contributed by atoms with Crippen LogP contribution in [0.25, 0.3) is 0 Å². The first kappa shape index (κ1) is 26.0. The van der Waals surface area contributed by atoms with Crippen LogP contribution in [0.15, 0.2) is 121 Å². The number of carbonyl (C=O) groups excluding carboxylic acids is 2. The molecule has 4 aromatic rings. The van der Waals surface area contributed by atoms with Crippen molar-refractivity contribution >= 4 is 34.6 Å². The zero-order valence-corrected chi connectivity index (χ0v) is 20.7. The van der Waals surface area contributed by atoms with Gasteiger partial charge in [0.1, 0.15) is 0 Å². The largest absolute Gasteiger partial charge is 0.338 e. The summed E-state index contributed by atoms with van der Waals surface area (Å²) in [5, 5.41) is 5.66. The van der Waals surface area contributed by atoms with Crippen LogP contribution in [0.4, 0.5) is 22.7 Å². The van der Waals surface area contributed by atoms with E-state index in [1.165, 1.54) is 13.8 Å². The summed E-state index contributed by atoms with van der Waals surface area (Å²) >= 11 is 0. The molecule has 0 radical (unpaired) electrons. The molecule has 0 unspecified atom stereocenters. The molecule has 0 aliphatic rings. The van der Waals surface area contributed by atoms with E-state index in [2.05, 4.69) is 20.4 Å². The second-order valence-electron chi connectivity index (χ2n) is 7.98. The van der Waals surface area contributed by atoms with Crippen molar-refractivity contribution in [3.63, 3.8) is 0 Å². The maximum Gasteiger partial charge on any atom is 0.218 e. The lowest BCUT2D eigenvalue weighted by Gasteiger charge is -2.25. The lowest BCUT2D eigenvalue weighted by atomic mass is 10.2. The molecule has 184 valence electrons. The zero-order valence-electron chi connectivity index (χ0n) is 20.7. The summed E-state index contributed by atoms with van der Waals surface area (Å²) in [4.78, 5) is 26.3. The van der Waals surface area contributed by atoms with Crippen LogP contribution in [0.1, 0.15) is 13.8 Å². The molecular formula is C30H32N4O2. The summed E-state index contributed by atoms with van der Waals surface area (Å²) in [6.45, 7) is 3.97. The van der Waals surface area contributed by atoms with Gasteiger partial charge in [-0.3, -0.25) is 9.59 Å². The summed E-state index contributed by atoms with van der Waals surface area (Å²) in [6, 6.07) is 40.0. The number of nitrogens with zero attached hydrogens (tertiary/aromatic N) is 2. The molecule has 0 atom stereocenters. The lowest BCUT2D eigenvalue weighted by Crippen LogP contribution is -2.33.